The number of rotatable bonds is 7. The van der Waals surface area contributed by atoms with Crippen molar-refractivity contribution in [3.8, 4) is 0 Å². The van der Waals surface area contributed by atoms with Crippen LogP contribution in [0.25, 0.3) is 0 Å². The molecule has 0 heterocycles. The molecule has 0 aromatic heterocycles. The number of hydrogen-bond acceptors (Lipinski definition) is 3. The number of anilines is 1. The average Bonchev–Trinajstić information content (AvgIpc) is 2.59. The molecule has 2 N–H and O–H groups in total. The van der Waals surface area contributed by atoms with Gasteiger partial charge in [0.05, 0.1) is 11.3 Å². The van der Waals surface area contributed by atoms with Crippen molar-refractivity contribution in [2.75, 3.05) is 11.1 Å². The molecular formula is C21H26N2O2S. The number of amides is 2. The minimum absolute atomic E-state index is 0.0372. The summed E-state index contributed by atoms with van der Waals surface area (Å²) in [4.78, 5) is 25.4. The second-order valence-corrected chi connectivity index (χ2v) is 7.76. The van der Waals surface area contributed by atoms with Gasteiger partial charge in [0.2, 0.25) is 5.91 Å². The average molecular weight is 371 g/mol. The second-order valence-electron chi connectivity index (χ2n) is 6.74. The number of nitrogens with one attached hydrogen (secondary N) is 2. The molecule has 0 aliphatic rings. The van der Waals surface area contributed by atoms with Gasteiger partial charge in [-0.15, -0.1) is 11.8 Å². The van der Waals surface area contributed by atoms with Gasteiger partial charge in [-0.3, -0.25) is 9.59 Å². The Labute approximate surface area is 159 Å². The van der Waals surface area contributed by atoms with Crippen molar-refractivity contribution in [2.24, 2.45) is 0 Å². The van der Waals surface area contributed by atoms with E-state index in [-0.39, 0.29) is 23.6 Å². The van der Waals surface area contributed by atoms with Crippen LogP contribution in [0.4, 0.5) is 5.69 Å². The third-order valence-electron chi connectivity index (χ3n) is 3.75. The zero-order valence-corrected chi connectivity index (χ0v) is 16.5. The molecule has 4 nitrogen and oxygen atoms in total. The lowest BCUT2D eigenvalue weighted by molar-refractivity contribution is -0.119. The molecule has 2 aromatic rings. The first-order valence-corrected chi connectivity index (χ1v) is 9.78. The molecule has 138 valence electrons. The molecule has 0 unspecified atom stereocenters. The Morgan fingerprint density at radius 1 is 1.00 bits per heavy atom. The van der Waals surface area contributed by atoms with Crippen molar-refractivity contribution in [3.63, 3.8) is 0 Å². The molecule has 0 saturated heterocycles. The highest BCUT2D eigenvalue weighted by Gasteiger charge is 2.14. The smallest absolute Gasteiger partial charge is 0.256 e. The van der Waals surface area contributed by atoms with Gasteiger partial charge in [0, 0.05) is 16.6 Å². The van der Waals surface area contributed by atoms with E-state index >= 15 is 0 Å². The molecule has 0 aliphatic heterocycles. The maximum Gasteiger partial charge on any atom is 0.256 e. The summed E-state index contributed by atoms with van der Waals surface area (Å²) in [5, 5.41) is 5.82. The van der Waals surface area contributed by atoms with E-state index in [1.54, 1.807) is 6.07 Å². The van der Waals surface area contributed by atoms with Crippen LogP contribution >= 0.6 is 11.8 Å². The summed E-state index contributed by atoms with van der Waals surface area (Å²) in [6, 6.07) is 15.3. The quantitative estimate of drug-likeness (QED) is 0.696. The molecule has 0 spiro atoms. The molecule has 0 saturated carbocycles. The summed E-state index contributed by atoms with van der Waals surface area (Å²) < 4.78 is 0. The molecule has 5 heteroatoms. The monoisotopic (exact) mass is 370 g/mol. The first-order valence-electron chi connectivity index (χ1n) is 8.79. The van der Waals surface area contributed by atoms with Gasteiger partial charge >= 0.3 is 0 Å². The normalized spacial score (nSPS) is 10.8. The lowest BCUT2D eigenvalue weighted by atomic mass is 10.0. The highest BCUT2D eigenvalue weighted by Crippen LogP contribution is 2.24. The molecule has 0 fully saturated rings. The van der Waals surface area contributed by atoms with Crippen LogP contribution in [0.2, 0.25) is 0 Å². The Morgan fingerprint density at radius 3 is 2.42 bits per heavy atom. The Bertz CT molecular complexity index is 772. The van der Waals surface area contributed by atoms with Gasteiger partial charge in [0.1, 0.15) is 0 Å². The van der Waals surface area contributed by atoms with Crippen LogP contribution in [0.15, 0.2) is 53.4 Å². The van der Waals surface area contributed by atoms with E-state index in [0.717, 1.165) is 10.6 Å². The van der Waals surface area contributed by atoms with Crippen LogP contribution < -0.4 is 10.6 Å². The van der Waals surface area contributed by atoms with Crippen molar-refractivity contribution in [3.05, 3.63) is 59.7 Å². The Balaban J connectivity index is 2.09. The van der Waals surface area contributed by atoms with Crippen LogP contribution in [0.1, 0.15) is 49.5 Å². The van der Waals surface area contributed by atoms with E-state index in [0.29, 0.717) is 11.5 Å². The van der Waals surface area contributed by atoms with Crippen LogP contribution in [0.5, 0.6) is 0 Å². The van der Waals surface area contributed by atoms with Gasteiger partial charge in [-0.1, -0.05) is 38.1 Å². The second kappa shape index (κ2) is 9.43. The van der Waals surface area contributed by atoms with Crippen molar-refractivity contribution in [1.29, 1.82) is 0 Å². The Morgan fingerprint density at radius 2 is 1.73 bits per heavy atom. The van der Waals surface area contributed by atoms with Gasteiger partial charge in [0.25, 0.3) is 5.91 Å². The minimum Gasteiger partial charge on any atom is -0.353 e. The van der Waals surface area contributed by atoms with Crippen molar-refractivity contribution in [1.82, 2.24) is 5.32 Å². The van der Waals surface area contributed by atoms with Gasteiger partial charge in [-0.25, -0.2) is 0 Å². The number of carbonyl (C=O) groups excluding carboxylic acids is 2. The van der Waals surface area contributed by atoms with Gasteiger partial charge < -0.3 is 10.6 Å². The van der Waals surface area contributed by atoms with E-state index in [4.69, 9.17) is 0 Å². The first kappa shape index (κ1) is 20.0. The van der Waals surface area contributed by atoms with E-state index < -0.39 is 0 Å². The Hall–Kier alpha value is -2.27. The minimum atomic E-state index is -0.168. The Kier molecular flexibility index (Phi) is 7.27. The molecule has 2 rings (SSSR count). The summed E-state index contributed by atoms with van der Waals surface area (Å²) in [6.45, 7) is 8.09. The summed E-state index contributed by atoms with van der Waals surface area (Å²) >= 11 is 1.37. The predicted molar refractivity (Wildman–Crippen MR) is 109 cm³/mol. The topological polar surface area (TPSA) is 58.2 Å². The maximum absolute atomic E-state index is 12.7. The number of carbonyl (C=O) groups is 2. The van der Waals surface area contributed by atoms with E-state index in [1.165, 1.54) is 17.3 Å². The van der Waals surface area contributed by atoms with Crippen LogP contribution in [-0.2, 0) is 4.79 Å². The van der Waals surface area contributed by atoms with Gasteiger partial charge in [0.15, 0.2) is 0 Å². The lowest BCUT2D eigenvalue weighted by Gasteiger charge is -2.12. The molecule has 0 atom stereocenters. The van der Waals surface area contributed by atoms with Gasteiger partial charge in [-0.2, -0.15) is 0 Å². The van der Waals surface area contributed by atoms with E-state index in [2.05, 4.69) is 30.5 Å². The molecule has 0 aliphatic carbocycles. The first-order chi connectivity index (χ1) is 12.4. The highest BCUT2D eigenvalue weighted by atomic mass is 32.2. The summed E-state index contributed by atoms with van der Waals surface area (Å²) in [6.07, 6.45) is 0. The molecule has 0 radical (unpaired) electrons. The van der Waals surface area contributed by atoms with Crippen LogP contribution in [0.3, 0.4) is 0 Å². The maximum atomic E-state index is 12.7. The summed E-state index contributed by atoms with van der Waals surface area (Å²) in [5.41, 5.74) is 2.53. The highest BCUT2D eigenvalue weighted by molar-refractivity contribution is 8.00. The number of benzene rings is 2. The third kappa shape index (κ3) is 5.92. The molecule has 2 amide bonds. The van der Waals surface area contributed by atoms with Crippen LogP contribution in [-0.4, -0.2) is 23.6 Å². The molecular weight excluding hydrogens is 344 g/mol. The van der Waals surface area contributed by atoms with Gasteiger partial charge in [-0.05, 0) is 49.6 Å². The zero-order chi connectivity index (χ0) is 19.1. The predicted octanol–water partition coefficient (Wildman–Crippen LogP) is 4.68. The standard InChI is InChI=1S/C21H26N2O2S/c1-14(2)16-8-7-9-17(12-16)23-21(25)18-10-5-6-11-19(18)26-13-20(24)22-15(3)4/h5-12,14-15H,13H2,1-4H3,(H,22,24)(H,23,25). The van der Waals surface area contributed by atoms with Crippen LogP contribution in [0, 0.1) is 0 Å². The fourth-order valence-corrected chi connectivity index (χ4v) is 3.32. The fraction of sp³-hybridized carbons (Fsp3) is 0.333. The van der Waals surface area contributed by atoms with Crippen molar-refractivity contribution in [2.45, 2.75) is 44.6 Å². The third-order valence-corrected chi connectivity index (χ3v) is 4.82. The molecule has 26 heavy (non-hydrogen) atoms. The number of thioether (sulfide) groups is 1. The zero-order valence-electron chi connectivity index (χ0n) is 15.7. The summed E-state index contributed by atoms with van der Waals surface area (Å²) in [5.74, 6) is 0.475. The van der Waals surface area contributed by atoms with E-state index in [1.807, 2.05) is 50.2 Å². The van der Waals surface area contributed by atoms with Crippen molar-refractivity contribution < 1.29 is 9.59 Å². The largest absolute Gasteiger partial charge is 0.353 e. The number of hydrogen-bond donors (Lipinski definition) is 2. The van der Waals surface area contributed by atoms with E-state index in [9.17, 15) is 9.59 Å². The van der Waals surface area contributed by atoms with Crippen molar-refractivity contribution >= 4 is 29.3 Å². The lowest BCUT2D eigenvalue weighted by Crippen LogP contribution is -2.31. The molecule has 0 bridgehead atoms. The summed E-state index contributed by atoms with van der Waals surface area (Å²) in [7, 11) is 0. The SMILES string of the molecule is CC(C)NC(=O)CSc1ccccc1C(=O)Nc1cccc(C(C)C)c1. The molecule has 2 aromatic carbocycles. The fourth-order valence-electron chi connectivity index (χ4n) is 2.46.